The molecule has 2 aromatic rings. The first kappa shape index (κ1) is 15.7. The van der Waals surface area contributed by atoms with E-state index in [1.165, 1.54) is 0 Å². The van der Waals surface area contributed by atoms with E-state index in [4.69, 9.17) is 5.11 Å². The highest BCUT2D eigenvalue weighted by Crippen LogP contribution is 2.22. The predicted molar refractivity (Wildman–Crippen MR) is 84.2 cm³/mol. The Bertz CT molecular complexity index is 586. The van der Waals surface area contributed by atoms with Crippen LogP contribution in [0.2, 0.25) is 0 Å². The summed E-state index contributed by atoms with van der Waals surface area (Å²) >= 11 is 2.25. The molecule has 0 amide bonds. The van der Waals surface area contributed by atoms with Crippen molar-refractivity contribution in [1.29, 1.82) is 0 Å². The molecule has 110 valence electrons. The van der Waals surface area contributed by atoms with E-state index in [-0.39, 0.29) is 6.04 Å². The third-order valence-corrected chi connectivity index (χ3v) is 3.87. The molecule has 1 atom stereocenters. The van der Waals surface area contributed by atoms with Gasteiger partial charge < -0.3 is 15.4 Å². The van der Waals surface area contributed by atoms with Gasteiger partial charge in [0, 0.05) is 26.7 Å². The molecule has 1 aromatic heterocycles. The Kier molecular flexibility index (Phi) is 4.98. The van der Waals surface area contributed by atoms with E-state index in [9.17, 15) is 8.78 Å². The Morgan fingerprint density at radius 1 is 1.45 bits per heavy atom. The van der Waals surface area contributed by atoms with E-state index >= 15 is 0 Å². The lowest BCUT2D eigenvalue weighted by Gasteiger charge is -2.18. The third-order valence-electron chi connectivity index (χ3n) is 3.20. The number of alkyl halides is 2. The molecule has 3 nitrogen and oxygen atoms in total. The van der Waals surface area contributed by atoms with Crippen LogP contribution in [0.25, 0.3) is 10.9 Å². The lowest BCUT2D eigenvalue weighted by Crippen LogP contribution is -2.40. The molecule has 3 N–H and O–H groups in total. The van der Waals surface area contributed by atoms with Gasteiger partial charge in [0.2, 0.25) is 0 Å². The number of benzene rings is 1. The van der Waals surface area contributed by atoms with Gasteiger partial charge in [-0.15, -0.1) is 0 Å². The van der Waals surface area contributed by atoms with Crippen molar-refractivity contribution in [1.82, 2.24) is 10.3 Å². The zero-order valence-corrected chi connectivity index (χ0v) is 13.2. The molecule has 0 radical (unpaired) electrons. The van der Waals surface area contributed by atoms with Crippen LogP contribution in [0, 0.1) is 3.57 Å². The van der Waals surface area contributed by atoms with Crippen LogP contribution in [0.3, 0.4) is 0 Å². The fourth-order valence-corrected chi connectivity index (χ4v) is 2.59. The van der Waals surface area contributed by atoms with Gasteiger partial charge in [0.1, 0.15) is 6.61 Å². The Balaban J connectivity index is 2.03. The standard InChI is InChI=1S/C14H17F2IN2O/c1-9(19-7-14(15,16)8-20)4-10-6-18-13-3-2-11(17)5-12(10)13/h2-3,5-6,9,18-20H,4,7-8H2,1H3/t9-/m1/s1. The van der Waals surface area contributed by atoms with Crippen LogP contribution >= 0.6 is 22.6 Å². The second kappa shape index (κ2) is 6.36. The normalized spacial score (nSPS) is 13.8. The van der Waals surface area contributed by atoms with Gasteiger partial charge in [-0.25, -0.2) is 8.78 Å². The van der Waals surface area contributed by atoms with E-state index in [1.807, 2.05) is 25.3 Å². The second-order valence-corrected chi connectivity index (χ2v) is 6.25. The number of rotatable bonds is 6. The average molecular weight is 394 g/mol. The Morgan fingerprint density at radius 3 is 2.90 bits per heavy atom. The first-order chi connectivity index (χ1) is 9.41. The highest BCUT2D eigenvalue weighted by Gasteiger charge is 2.27. The summed E-state index contributed by atoms with van der Waals surface area (Å²) in [4.78, 5) is 3.19. The minimum absolute atomic E-state index is 0.0932. The maximum Gasteiger partial charge on any atom is 0.282 e. The first-order valence-electron chi connectivity index (χ1n) is 6.39. The van der Waals surface area contributed by atoms with Crippen molar-refractivity contribution in [2.75, 3.05) is 13.2 Å². The maximum absolute atomic E-state index is 13.0. The second-order valence-electron chi connectivity index (χ2n) is 5.00. The molecule has 20 heavy (non-hydrogen) atoms. The molecule has 0 spiro atoms. The van der Waals surface area contributed by atoms with Crippen molar-refractivity contribution in [3.8, 4) is 0 Å². The molecular weight excluding hydrogens is 377 g/mol. The minimum Gasteiger partial charge on any atom is -0.390 e. The van der Waals surface area contributed by atoms with Crippen molar-refractivity contribution in [2.24, 2.45) is 0 Å². The van der Waals surface area contributed by atoms with Crippen LogP contribution in [-0.4, -0.2) is 35.2 Å². The van der Waals surface area contributed by atoms with Crippen molar-refractivity contribution in [2.45, 2.75) is 25.3 Å². The zero-order chi connectivity index (χ0) is 14.8. The number of aliphatic hydroxyl groups is 1. The fraction of sp³-hybridized carbons (Fsp3) is 0.429. The Labute approximate surface area is 129 Å². The highest BCUT2D eigenvalue weighted by atomic mass is 127. The predicted octanol–water partition coefficient (Wildman–Crippen LogP) is 2.92. The van der Waals surface area contributed by atoms with Gasteiger partial charge in [-0.2, -0.15) is 0 Å². The SMILES string of the molecule is C[C@H](Cc1c[nH]c2ccc(I)cc12)NCC(F)(F)CO. The van der Waals surface area contributed by atoms with Gasteiger partial charge in [-0.1, -0.05) is 0 Å². The molecule has 0 bridgehead atoms. The molecule has 0 saturated carbocycles. The van der Waals surface area contributed by atoms with E-state index in [0.29, 0.717) is 6.42 Å². The van der Waals surface area contributed by atoms with E-state index in [0.717, 1.165) is 20.0 Å². The number of aromatic amines is 1. The van der Waals surface area contributed by atoms with Crippen molar-refractivity contribution in [3.63, 3.8) is 0 Å². The monoisotopic (exact) mass is 394 g/mol. The number of aromatic nitrogens is 1. The number of nitrogens with one attached hydrogen (secondary N) is 2. The largest absolute Gasteiger partial charge is 0.390 e. The lowest BCUT2D eigenvalue weighted by atomic mass is 10.1. The number of halogens is 3. The summed E-state index contributed by atoms with van der Waals surface area (Å²) in [5, 5.41) is 12.4. The molecule has 1 aromatic carbocycles. The molecule has 0 unspecified atom stereocenters. The smallest absolute Gasteiger partial charge is 0.282 e. The van der Waals surface area contributed by atoms with Crippen molar-refractivity contribution < 1.29 is 13.9 Å². The van der Waals surface area contributed by atoms with Gasteiger partial charge in [-0.3, -0.25) is 0 Å². The molecule has 0 aliphatic heterocycles. The summed E-state index contributed by atoms with van der Waals surface area (Å²) in [6.45, 7) is 0.225. The summed E-state index contributed by atoms with van der Waals surface area (Å²) in [5.41, 5.74) is 2.15. The number of hydrogen-bond donors (Lipinski definition) is 3. The van der Waals surface area contributed by atoms with E-state index in [1.54, 1.807) is 0 Å². The van der Waals surface area contributed by atoms with Crippen molar-refractivity contribution in [3.05, 3.63) is 33.5 Å². The molecule has 2 rings (SSSR count). The summed E-state index contributed by atoms with van der Waals surface area (Å²) < 4.78 is 27.1. The highest BCUT2D eigenvalue weighted by molar-refractivity contribution is 14.1. The summed E-state index contributed by atoms with van der Waals surface area (Å²) in [6.07, 6.45) is 2.57. The average Bonchev–Trinajstić information content (AvgIpc) is 2.79. The summed E-state index contributed by atoms with van der Waals surface area (Å²) in [5.74, 6) is -3.07. The fourth-order valence-electron chi connectivity index (χ4n) is 2.10. The molecule has 1 heterocycles. The molecule has 0 aliphatic rings. The molecule has 0 fully saturated rings. The van der Waals surface area contributed by atoms with Gasteiger partial charge in [0.25, 0.3) is 5.92 Å². The first-order valence-corrected chi connectivity index (χ1v) is 7.47. The van der Waals surface area contributed by atoms with Gasteiger partial charge in [-0.05, 0) is 59.7 Å². The van der Waals surface area contributed by atoms with Crippen LogP contribution in [-0.2, 0) is 6.42 Å². The summed E-state index contributed by atoms with van der Waals surface area (Å²) in [6, 6.07) is 6.02. The van der Waals surface area contributed by atoms with Crippen LogP contribution in [0.15, 0.2) is 24.4 Å². The van der Waals surface area contributed by atoms with E-state index < -0.39 is 19.1 Å². The van der Waals surface area contributed by atoms with Crippen LogP contribution in [0.4, 0.5) is 8.78 Å². The Hall–Kier alpha value is -0.730. The third kappa shape index (κ3) is 3.89. The quantitative estimate of drug-likeness (QED) is 0.660. The van der Waals surface area contributed by atoms with Crippen LogP contribution < -0.4 is 5.32 Å². The van der Waals surface area contributed by atoms with Crippen LogP contribution in [0.5, 0.6) is 0 Å². The summed E-state index contributed by atoms with van der Waals surface area (Å²) in [7, 11) is 0. The number of hydrogen-bond acceptors (Lipinski definition) is 2. The molecular formula is C14H17F2IN2O. The number of H-pyrrole nitrogens is 1. The van der Waals surface area contributed by atoms with Crippen molar-refractivity contribution >= 4 is 33.5 Å². The van der Waals surface area contributed by atoms with Gasteiger partial charge in [0.05, 0.1) is 6.54 Å². The number of fused-ring (bicyclic) bond motifs is 1. The molecule has 0 saturated heterocycles. The van der Waals surface area contributed by atoms with E-state index in [2.05, 4.69) is 39.0 Å². The maximum atomic E-state index is 13.0. The van der Waals surface area contributed by atoms with Crippen LogP contribution in [0.1, 0.15) is 12.5 Å². The topological polar surface area (TPSA) is 48.0 Å². The van der Waals surface area contributed by atoms with Gasteiger partial charge >= 0.3 is 0 Å². The minimum atomic E-state index is -3.07. The molecule has 0 aliphatic carbocycles. The lowest BCUT2D eigenvalue weighted by molar-refractivity contribution is -0.0490. The Morgan fingerprint density at radius 2 is 2.20 bits per heavy atom. The molecule has 6 heteroatoms. The number of aliphatic hydroxyl groups excluding tert-OH is 1. The zero-order valence-electron chi connectivity index (χ0n) is 11.1. The van der Waals surface area contributed by atoms with Gasteiger partial charge in [0.15, 0.2) is 0 Å².